The van der Waals surface area contributed by atoms with Crippen molar-refractivity contribution < 1.29 is 9.47 Å². The molecule has 1 saturated heterocycles. The molecule has 0 atom stereocenters. The van der Waals surface area contributed by atoms with Gasteiger partial charge in [-0.1, -0.05) is 31.2 Å². The molecule has 0 aliphatic carbocycles. The van der Waals surface area contributed by atoms with Crippen LogP contribution in [0.15, 0.2) is 30.5 Å². The summed E-state index contributed by atoms with van der Waals surface area (Å²) in [6, 6.07) is 8.42. The van der Waals surface area contributed by atoms with E-state index in [0.717, 1.165) is 31.5 Å². The molecule has 1 aromatic carbocycles. The third-order valence-corrected chi connectivity index (χ3v) is 4.62. The number of benzene rings is 1. The molecule has 5 heteroatoms. The maximum atomic E-state index is 5.50. The smallest absolute Gasteiger partial charge is 0.184 e. The molecular formula is C17H22N2O2S. The molecule has 22 heavy (non-hydrogen) atoms. The first-order valence-electron chi connectivity index (χ1n) is 7.81. The second kappa shape index (κ2) is 7.83. The summed E-state index contributed by atoms with van der Waals surface area (Å²) in [5, 5.41) is 4.71. The molecular weight excluding hydrogens is 296 g/mol. The Morgan fingerprint density at radius 2 is 1.95 bits per heavy atom. The van der Waals surface area contributed by atoms with E-state index in [2.05, 4.69) is 41.5 Å². The predicted octanol–water partition coefficient (Wildman–Crippen LogP) is 3.43. The van der Waals surface area contributed by atoms with Gasteiger partial charge in [-0.05, 0) is 18.4 Å². The van der Waals surface area contributed by atoms with Gasteiger partial charge < -0.3 is 14.8 Å². The minimum Gasteiger partial charge on any atom is -0.346 e. The number of hydrogen-bond acceptors (Lipinski definition) is 5. The zero-order chi connectivity index (χ0) is 15.2. The third kappa shape index (κ3) is 4.14. The van der Waals surface area contributed by atoms with Crippen molar-refractivity contribution in [3.63, 3.8) is 0 Å². The van der Waals surface area contributed by atoms with Gasteiger partial charge in [0.25, 0.3) is 0 Å². The van der Waals surface area contributed by atoms with Crippen molar-refractivity contribution in [2.45, 2.75) is 39.1 Å². The maximum Gasteiger partial charge on any atom is 0.184 e. The maximum absolute atomic E-state index is 5.50. The van der Waals surface area contributed by atoms with E-state index in [-0.39, 0.29) is 6.29 Å². The Balaban J connectivity index is 1.46. The van der Waals surface area contributed by atoms with Crippen LogP contribution >= 0.6 is 11.3 Å². The minimum absolute atomic E-state index is 0.184. The summed E-state index contributed by atoms with van der Waals surface area (Å²) in [7, 11) is 0. The molecule has 0 spiro atoms. The van der Waals surface area contributed by atoms with E-state index in [1.165, 1.54) is 15.4 Å². The highest BCUT2D eigenvalue weighted by Crippen LogP contribution is 2.23. The lowest BCUT2D eigenvalue weighted by atomic mass is 10.1. The number of nitrogens with one attached hydrogen (secondary N) is 1. The van der Waals surface area contributed by atoms with Crippen molar-refractivity contribution >= 4 is 11.3 Å². The fourth-order valence-electron chi connectivity index (χ4n) is 2.43. The Bertz CT molecular complexity index is 577. The van der Waals surface area contributed by atoms with Gasteiger partial charge in [0.15, 0.2) is 6.29 Å². The van der Waals surface area contributed by atoms with Crippen molar-refractivity contribution in [3.05, 3.63) is 51.5 Å². The lowest BCUT2D eigenvalue weighted by molar-refractivity contribution is -0.0441. The third-order valence-electron chi connectivity index (χ3n) is 3.57. The molecule has 118 valence electrons. The Morgan fingerprint density at radius 3 is 2.68 bits per heavy atom. The molecule has 3 rings (SSSR count). The van der Waals surface area contributed by atoms with Crippen LogP contribution in [-0.4, -0.2) is 18.2 Å². The predicted molar refractivity (Wildman–Crippen MR) is 87.7 cm³/mol. The second-order valence-corrected chi connectivity index (χ2v) is 6.59. The molecule has 4 nitrogen and oxygen atoms in total. The minimum atomic E-state index is -0.184. The summed E-state index contributed by atoms with van der Waals surface area (Å²) < 4.78 is 11.0. The average Bonchev–Trinajstić information content (AvgIpc) is 3.20. The van der Waals surface area contributed by atoms with Gasteiger partial charge >= 0.3 is 0 Å². The van der Waals surface area contributed by atoms with Gasteiger partial charge in [0.05, 0.1) is 18.2 Å². The van der Waals surface area contributed by atoms with Gasteiger partial charge in [0, 0.05) is 29.7 Å². The largest absolute Gasteiger partial charge is 0.346 e. The number of aryl methyl sites for hydroxylation is 1. The van der Waals surface area contributed by atoms with E-state index < -0.39 is 0 Å². The number of aromatic nitrogens is 1. The van der Waals surface area contributed by atoms with Gasteiger partial charge in [-0.15, -0.1) is 11.3 Å². The molecule has 0 saturated carbocycles. The summed E-state index contributed by atoms with van der Waals surface area (Å²) >= 11 is 1.81. The van der Waals surface area contributed by atoms with Gasteiger partial charge in [0.2, 0.25) is 0 Å². The Morgan fingerprint density at radius 1 is 1.18 bits per heavy atom. The normalized spacial score (nSPS) is 15.5. The standard InChI is InChI=1S/C17H22N2O2S/c1-2-3-16-19-12-15(22-16)11-18-10-13-4-6-14(7-5-13)17-20-8-9-21-17/h4-7,12,17-18H,2-3,8-11H2,1H3. The van der Waals surface area contributed by atoms with Gasteiger partial charge in [-0.3, -0.25) is 0 Å². The Kier molecular flexibility index (Phi) is 5.56. The number of ether oxygens (including phenoxy) is 2. The van der Waals surface area contributed by atoms with Crippen LogP contribution in [0.2, 0.25) is 0 Å². The average molecular weight is 318 g/mol. The highest BCUT2D eigenvalue weighted by molar-refractivity contribution is 7.11. The summed E-state index contributed by atoms with van der Waals surface area (Å²) in [5.41, 5.74) is 2.35. The zero-order valence-corrected chi connectivity index (χ0v) is 13.7. The zero-order valence-electron chi connectivity index (χ0n) is 12.9. The van der Waals surface area contributed by atoms with E-state index >= 15 is 0 Å². The quantitative estimate of drug-likeness (QED) is 0.849. The van der Waals surface area contributed by atoms with Crippen molar-refractivity contribution in [2.24, 2.45) is 0 Å². The number of thiazole rings is 1. The molecule has 1 aromatic heterocycles. The van der Waals surface area contributed by atoms with E-state index in [1.807, 2.05) is 6.20 Å². The van der Waals surface area contributed by atoms with Crippen LogP contribution < -0.4 is 5.32 Å². The molecule has 1 N–H and O–H groups in total. The van der Waals surface area contributed by atoms with Crippen LogP contribution in [0.1, 0.15) is 40.6 Å². The summed E-state index contributed by atoms with van der Waals surface area (Å²) in [5.74, 6) is 0. The van der Waals surface area contributed by atoms with Gasteiger partial charge in [-0.25, -0.2) is 4.98 Å². The van der Waals surface area contributed by atoms with Crippen molar-refractivity contribution in [1.29, 1.82) is 0 Å². The molecule has 0 bridgehead atoms. The van der Waals surface area contributed by atoms with E-state index in [9.17, 15) is 0 Å². The molecule has 2 aromatic rings. The molecule has 0 radical (unpaired) electrons. The summed E-state index contributed by atoms with van der Waals surface area (Å²) in [6.07, 6.45) is 4.04. The van der Waals surface area contributed by atoms with E-state index in [1.54, 1.807) is 11.3 Å². The molecule has 1 aliphatic rings. The van der Waals surface area contributed by atoms with Crippen LogP contribution in [0, 0.1) is 0 Å². The molecule has 0 amide bonds. The van der Waals surface area contributed by atoms with Crippen LogP contribution in [0.4, 0.5) is 0 Å². The van der Waals surface area contributed by atoms with Crippen LogP contribution in [0.5, 0.6) is 0 Å². The Labute approximate surface area is 135 Å². The fraction of sp³-hybridized carbons (Fsp3) is 0.471. The van der Waals surface area contributed by atoms with Gasteiger partial charge in [-0.2, -0.15) is 0 Å². The Hall–Kier alpha value is -1.27. The molecule has 1 aliphatic heterocycles. The number of hydrogen-bond donors (Lipinski definition) is 1. The highest BCUT2D eigenvalue weighted by Gasteiger charge is 2.17. The molecule has 1 fully saturated rings. The van der Waals surface area contributed by atoms with Crippen LogP contribution in [0.3, 0.4) is 0 Å². The highest BCUT2D eigenvalue weighted by atomic mass is 32.1. The van der Waals surface area contributed by atoms with Crippen LogP contribution in [-0.2, 0) is 29.0 Å². The van der Waals surface area contributed by atoms with Gasteiger partial charge in [0.1, 0.15) is 0 Å². The SMILES string of the molecule is CCCc1ncc(CNCc2ccc(C3OCCO3)cc2)s1. The van der Waals surface area contributed by atoms with Crippen LogP contribution in [0.25, 0.3) is 0 Å². The van der Waals surface area contributed by atoms with Crippen molar-refractivity contribution in [2.75, 3.05) is 13.2 Å². The van der Waals surface area contributed by atoms with Crippen molar-refractivity contribution in [3.8, 4) is 0 Å². The topological polar surface area (TPSA) is 43.4 Å². The summed E-state index contributed by atoms with van der Waals surface area (Å²) in [4.78, 5) is 5.74. The summed E-state index contributed by atoms with van der Waals surface area (Å²) in [6.45, 7) is 5.28. The lowest BCUT2D eigenvalue weighted by Gasteiger charge is -2.10. The lowest BCUT2D eigenvalue weighted by Crippen LogP contribution is -2.11. The monoisotopic (exact) mass is 318 g/mol. The van der Waals surface area contributed by atoms with E-state index in [0.29, 0.717) is 13.2 Å². The fourth-order valence-corrected chi connectivity index (χ4v) is 3.43. The molecule has 0 unspecified atom stereocenters. The molecule has 2 heterocycles. The van der Waals surface area contributed by atoms with Crippen molar-refractivity contribution in [1.82, 2.24) is 10.3 Å². The van der Waals surface area contributed by atoms with E-state index in [4.69, 9.17) is 9.47 Å². The first-order valence-corrected chi connectivity index (χ1v) is 8.63. The number of nitrogens with zero attached hydrogens (tertiary/aromatic N) is 1. The first-order chi connectivity index (χ1) is 10.8. The first kappa shape index (κ1) is 15.6. The second-order valence-electron chi connectivity index (χ2n) is 5.39. The number of rotatable bonds is 7.